The fraction of sp³-hybridized carbons (Fsp3) is 0.500. The van der Waals surface area contributed by atoms with E-state index in [-0.39, 0.29) is 5.54 Å². The highest BCUT2D eigenvalue weighted by Gasteiger charge is 2.43. The minimum absolute atomic E-state index is 0.187. The first kappa shape index (κ1) is 9.19. The summed E-state index contributed by atoms with van der Waals surface area (Å²) < 4.78 is 0. The van der Waals surface area contributed by atoms with Crippen LogP contribution in [0.1, 0.15) is 5.56 Å². The molecule has 2 aliphatic heterocycles. The van der Waals surface area contributed by atoms with Gasteiger partial charge in [0.25, 0.3) is 0 Å². The van der Waals surface area contributed by atoms with Crippen molar-refractivity contribution in [2.24, 2.45) is 5.73 Å². The SMILES string of the molecule is NCC1(N2CCc3ccccc32)CNC1. The summed E-state index contributed by atoms with van der Waals surface area (Å²) >= 11 is 0. The topological polar surface area (TPSA) is 41.3 Å². The average Bonchev–Trinajstić information content (AvgIpc) is 2.62. The molecular formula is C12H17N3. The number of anilines is 1. The lowest BCUT2D eigenvalue weighted by Gasteiger charge is -2.50. The number of nitrogens with two attached hydrogens (primary N) is 1. The van der Waals surface area contributed by atoms with Crippen LogP contribution in [0, 0.1) is 0 Å². The summed E-state index contributed by atoms with van der Waals surface area (Å²) in [6.45, 7) is 3.92. The third kappa shape index (κ3) is 1.20. The average molecular weight is 203 g/mol. The Labute approximate surface area is 90.3 Å². The maximum atomic E-state index is 5.92. The summed E-state index contributed by atoms with van der Waals surface area (Å²) in [5.74, 6) is 0. The lowest BCUT2D eigenvalue weighted by molar-refractivity contribution is 0.270. The van der Waals surface area contributed by atoms with Crippen LogP contribution in [0.4, 0.5) is 5.69 Å². The Morgan fingerprint density at radius 1 is 1.33 bits per heavy atom. The molecule has 1 aromatic carbocycles. The van der Waals surface area contributed by atoms with Crippen molar-refractivity contribution >= 4 is 5.69 Å². The zero-order valence-electron chi connectivity index (χ0n) is 8.87. The van der Waals surface area contributed by atoms with Gasteiger partial charge in [-0.25, -0.2) is 0 Å². The molecule has 1 aromatic rings. The molecule has 0 atom stereocenters. The molecule has 0 spiro atoms. The molecule has 0 radical (unpaired) electrons. The second-order valence-electron chi connectivity index (χ2n) is 4.56. The van der Waals surface area contributed by atoms with Gasteiger partial charge in [0, 0.05) is 31.9 Å². The molecule has 0 aliphatic carbocycles. The summed E-state index contributed by atoms with van der Waals surface area (Å²) in [4.78, 5) is 2.50. The van der Waals surface area contributed by atoms with E-state index in [1.54, 1.807) is 0 Å². The molecule has 3 heteroatoms. The molecule has 2 aliphatic rings. The fourth-order valence-electron chi connectivity index (χ4n) is 2.69. The number of nitrogens with one attached hydrogen (secondary N) is 1. The van der Waals surface area contributed by atoms with Gasteiger partial charge in [0.15, 0.2) is 0 Å². The van der Waals surface area contributed by atoms with Crippen LogP contribution in [-0.4, -0.2) is 31.7 Å². The Bertz CT molecular complexity index is 365. The van der Waals surface area contributed by atoms with E-state index in [1.165, 1.54) is 11.3 Å². The Morgan fingerprint density at radius 2 is 2.13 bits per heavy atom. The molecule has 80 valence electrons. The molecule has 15 heavy (non-hydrogen) atoms. The monoisotopic (exact) mass is 203 g/mol. The standard InChI is InChI=1S/C12H17N3/c13-7-12(8-14-9-12)15-6-5-10-3-1-2-4-11(10)15/h1-4,14H,5-9,13H2. The van der Waals surface area contributed by atoms with Crippen molar-refractivity contribution in [3.63, 3.8) is 0 Å². The summed E-state index contributed by atoms with van der Waals surface area (Å²) in [5, 5.41) is 3.34. The largest absolute Gasteiger partial charge is 0.361 e. The van der Waals surface area contributed by atoms with Crippen molar-refractivity contribution in [3.8, 4) is 0 Å². The number of hydrogen-bond acceptors (Lipinski definition) is 3. The Hall–Kier alpha value is -1.06. The van der Waals surface area contributed by atoms with E-state index in [4.69, 9.17) is 5.73 Å². The predicted octanol–water partition coefficient (Wildman–Crippen LogP) is 0.350. The lowest BCUT2D eigenvalue weighted by atomic mass is 9.90. The molecule has 0 amide bonds. The Morgan fingerprint density at radius 3 is 2.80 bits per heavy atom. The molecule has 2 heterocycles. The molecule has 3 N–H and O–H groups in total. The lowest BCUT2D eigenvalue weighted by Crippen LogP contribution is -2.72. The first-order valence-corrected chi connectivity index (χ1v) is 5.62. The summed E-state index contributed by atoms with van der Waals surface area (Å²) in [6.07, 6.45) is 1.16. The van der Waals surface area contributed by atoms with E-state index in [0.29, 0.717) is 0 Å². The van der Waals surface area contributed by atoms with Crippen LogP contribution in [0.5, 0.6) is 0 Å². The highest BCUT2D eigenvalue weighted by Crippen LogP contribution is 2.34. The second kappa shape index (κ2) is 3.22. The maximum Gasteiger partial charge on any atom is 0.0771 e. The van der Waals surface area contributed by atoms with Gasteiger partial charge in [-0.1, -0.05) is 18.2 Å². The van der Waals surface area contributed by atoms with Gasteiger partial charge in [-0.05, 0) is 18.1 Å². The fourth-order valence-corrected chi connectivity index (χ4v) is 2.69. The summed E-state index contributed by atoms with van der Waals surface area (Å²) in [7, 11) is 0. The number of hydrogen-bond donors (Lipinski definition) is 2. The number of rotatable bonds is 2. The van der Waals surface area contributed by atoms with Crippen LogP contribution < -0.4 is 16.0 Å². The summed E-state index contributed by atoms with van der Waals surface area (Å²) in [5.41, 5.74) is 8.97. The van der Waals surface area contributed by atoms with Crippen LogP contribution in [0.15, 0.2) is 24.3 Å². The van der Waals surface area contributed by atoms with Crippen LogP contribution in [0.3, 0.4) is 0 Å². The van der Waals surface area contributed by atoms with Gasteiger partial charge in [-0.2, -0.15) is 0 Å². The Balaban J connectivity index is 1.96. The van der Waals surface area contributed by atoms with Gasteiger partial charge in [-0.15, -0.1) is 0 Å². The van der Waals surface area contributed by atoms with E-state index in [9.17, 15) is 0 Å². The molecule has 0 saturated carbocycles. The minimum atomic E-state index is 0.187. The highest BCUT2D eigenvalue weighted by atomic mass is 15.3. The van der Waals surface area contributed by atoms with Crippen molar-refractivity contribution in [2.75, 3.05) is 31.1 Å². The van der Waals surface area contributed by atoms with Crippen molar-refractivity contribution in [1.82, 2.24) is 5.32 Å². The van der Waals surface area contributed by atoms with Gasteiger partial charge in [0.1, 0.15) is 0 Å². The predicted molar refractivity (Wildman–Crippen MR) is 62.1 cm³/mol. The smallest absolute Gasteiger partial charge is 0.0771 e. The van der Waals surface area contributed by atoms with Gasteiger partial charge >= 0.3 is 0 Å². The van der Waals surface area contributed by atoms with Gasteiger partial charge in [0.2, 0.25) is 0 Å². The van der Waals surface area contributed by atoms with E-state index in [1.807, 2.05) is 0 Å². The van der Waals surface area contributed by atoms with Gasteiger partial charge in [-0.3, -0.25) is 0 Å². The third-order valence-corrected chi connectivity index (χ3v) is 3.75. The molecular weight excluding hydrogens is 186 g/mol. The first-order valence-electron chi connectivity index (χ1n) is 5.62. The number of para-hydroxylation sites is 1. The van der Waals surface area contributed by atoms with E-state index < -0.39 is 0 Å². The normalized spacial score (nSPS) is 22.3. The Kier molecular flexibility index (Phi) is 1.97. The van der Waals surface area contributed by atoms with Crippen LogP contribution >= 0.6 is 0 Å². The van der Waals surface area contributed by atoms with E-state index >= 15 is 0 Å². The molecule has 1 fully saturated rings. The third-order valence-electron chi connectivity index (χ3n) is 3.75. The quantitative estimate of drug-likeness (QED) is 0.729. The number of fused-ring (bicyclic) bond motifs is 1. The molecule has 0 aromatic heterocycles. The summed E-state index contributed by atoms with van der Waals surface area (Å²) in [6, 6.07) is 8.69. The van der Waals surface area contributed by atoms with Crippen LogP contribution in [0.2, 0.25) is 0 Å². The second-order valence-corrected chi connectivity index (χ2v) is 4.56. The minimum Gasteiger partial charge on any atom is -0.361 e. The number of nitrogens with zero attached hydrogens (tertiary/aromatic N) is 1. The van der Waals surface area contributed by atoms with Crippen molar-refractivity contribution in [2.45, 2.75) is 12.0 Å². The van der Waals surface area contributed by atoms with Crippen molar-refractivity contribution < 1.29 is 0 Å². The first-order chi connectivity index (χ1) is 7.36. The van der Waals surface area contributed by atoms with Gasteiger partial charge < -0.3 is 16.0 Å². The molecule has 3 nitrogen and oxygen atoms in total. The van der Waals surface area contributed by atoms with Crippen molar-refractivity contribution in [1.29, 1.82) is 0 Å². The zero-order valence-corrected chi connectivity index (χ0v) is 8.87. The molecule has 3 rings (SSSR count). The van der Waals surface area contributed by atoms with E-state index in [0.717, 1.165) is 32.6 Å². The zero-order chi connectivity index (χ0) is 10.3. The number of benzene rings is 1. The van der Waals surface area contributed by atoms with Gasteiger partial charge in [0.05, 0.1) is 5.54 Å². The molecule has 0 bridgehead atoms. The van der Waals surface area contributed by atoms with Crippen LogP contribution in [0.25, 0.3) is 0 Å². The van der Waals surface area contributed by atoms with E-state index in [2.05, 4.69) is 34.5 Å². The van der Waals surface area contributed by atoms with Crippen molar-refractivity contribution in [3.05, 3.63) is 29.8 Å². The molecule has 1 saturated heterocycles. The molecule has 0 unspecified atom stereocenters. The van der Waals surface area contributed by atoms with Crippen LogP contribution in [-0.2, 0) is 6.42 Å². The maximum absolute atomic E-state index is 5.92. The highest BCUT2D eigenvalue weighted by molar-refractivity contribution is 5.60.